The zero-order chi connectivity index (χ0) is 21.3. The van der Waals surface area contributed by atoms with E-state index in [1.54, 1.807) is 6.07 Å². The lowest BCUT2D eigenvalue weighted by Crippen LogP contribution is -2.40. The molecule has 11 heteroatoms. The molecule has 3 heterocycles. The maximum Gasteiger partial charge on any atom is 0.453 e. The molecule has 0 aliphatic carbocycles. The van der Waals surface area contributed by atoms with E-state index in [-0.39, 0.29) is 17.5 Å². The molecule has 1 aliphatic heterocycles. The summed E-state index contributed by atoms with van der Waals surface area (Å²) in [6, 6.07) is 10.8. The van der Waals surface area contributed by atoms with Crippen LogP contribution in [0.1, 0.15) is 24.2 Å². The van der Waals surface area contributed by atoms with Crippen LogP contribution in [0.2, 0.25) is 0 Å². The molecule has 3 aromatic rings. The van der Waals surface area contributed by atoms with Crippen molar-refractivity contribution >= 4 is 33.3 Å². The maximum absolute atomic E-state index is 13.1. The molecule has 158 valence electrons. The third-order valence-corrected chi connectivity index (χ3v) is 5.60. The van der Waals surface area contributed by atoms with E-state index in [0.717, 1.165) is 10.0 Å². The summed E-state index contributed by atoms with van der Waals surface area (Å²) in [5.41, 5.74) is 1.05. The van der Waals surface area contributed by atoms with Crippen LogP contribution in [-0.4, -0.2) is 38.8 Å². The summed E-state index contributed by atoms with van der Waals surface area (Å²) in [7, 11) is 0. The Hall–Kier alpha value is -2.69. The van der Waals surface area contributed by atoms with Crippen molar-refractivity contribution in [1.29, 1.82) is 0 Å². The first-order chi connectivity index (χ1) is 14.3. The van der Waals surface area contributed by atoms with E-state index in [1.807, 2.05) is 29.2 Å². The Balaban J connectivity index is 1.37. The quantitative estimate of drug-likeness (QED) is 0.616. The topological polar surface area (TPSA) is 75.4 Å². The standard InChI is InChI=1S/C19H18BrF3N6O/c20-14-3-1-12(2-4-14)11-24-17(30)13-7-9-28(10-8-13)16-6-5-15-25-26-18(19(21,22)23)29(15)27-16/h1-6,13H,7-11H2,(H,24,30). The van der Waals surface area contributed by atoms with Crippen LogP contribution >= 0.6 is 15.9 Å². The highest BCUT2D eigenvalue weighted by atomic mass is 79.9. The molecule has 0 spiro atoms. The number of nitrogens with zero attached hydrogens (tertiary/aromatic N) is 5. The number of amides is 1. The normalized spacial score (nSPS) is 15.5. The number of hydrogen-bond acceptors (Lipinski definition) is 5. The molecular formula is C19H18BrF3N6O. The van der Waals surface area contributed by atoms with E-state index >= 15 is 0 Å². The summed E-state index contributed by atoms with van der Waals surface area (Å²) in [6.07, 6.45) is -3.44. The minimum absolute atomic E-state index is 0.0147. The summed E-state index contributed by atoms with van der Waals surface area (Å²) in [6.45, 7) is 1.51. The first-order valence-electron chi connectivity index (χ1n) is 9.38. The molecule has 0 bridgehead atoms. The fourth-order valence-corrected chi connectivity index (χ4v) is 3.70. The molecule has 2 aromatic heterocycles. The lowest BCUT2D eigenvalue weighted by Gasteiger charge is -2.32. The minimum atomic E-state index is -4.63. The molecule has 0 saturated carbocycles. The van der Waals surface area contributed by atoms with Gasteiger partial charge in [0.2, 0.25) is 5.91 Å². The Morgan fingerprint density at radius 2 is 1.80 bits per heavy atom. The van der Waals surface area contributed by atoms with Gasteiger partial charge in [0.15, 0.2) is 5.65 Å². The second-order valence-electron chi connectivity index (χ2n) is 7.09. The Morgan fingerprint density at radius 3 is 2.47 bits per heavy atom. The molecule has 7 nitrogen and oxygen atoms in total. The Bertz CT molecular complexity index is 1040. The molecule has 1 aromatic carbocycles. The number of alkyl halides is 3. The smallest absolute Gasteiger partial charge is 0.355 e. The SMILES string of the molecule is O=C(NCc1ccc(Br)cc1)C1CCN(c2ccc3nnc(C(F)(F)F)n3n2)CC1. The van der Waals surface area contributed by atoms with Crippen LogP contribution in [0.15, 0.2) is 40.9 Å². The fraction of sp³-hybridized carbons (Fsp3) is 0.368. The third kappa shape index (κ3) is 4.40. The molecule has 1 saturated heterocycles. The van der Waals surface area contributed by atoms with Gasteiger partial charge in [-0.15, -0.1) is 15.3 Å². The van der Waals surface area contributed by atoms with Gasteiger partial charge in [-0.2, -0.15) is 17.7 Å². The molecule has 0 atom stereocenters. The summed E-state index contributed by atoms with van der Waals surface area (Å²) >= 11 is 3.38. The van der Waals surface area contributed by atoms with Gasteiger partial charge >= 0.3 is 6.18 Å². The number of aromatic nitrogens is 4. The number of carbonyl (C=O) groups is 1. The summed E-state index contributed by atoms with van der Waals surface area (Å²) in [5.74, 6) is -0.900. The number of hydrogen-bond donors (Lipinski definition) is 1. The van der Waals surface area contributed by atoms with Crippen LogP contribution in [0.5, 0.6) is 0 Å². The van der Waals surface area contributed by atoms with E-state index in [9.17, 15) is 18.0 Å². The van der Waals surface area contributed by atoms with Crippen molar-refractivity contribution in [2.45, 2.75) is 25.6 Å². The number of fused-ring (bicyclic) bond motifs is 1. The van der Waals surface area contributed by atoms with Crippen molar-refractivity contribution in [2.75, 3.05) is 18.0 Å². The van der Waals surface area contributed by atoms with Crippen LogP contribution in [0.3, 0.4) is 0 Å². The molecule has 1 fully saturated rings. The molecule has 0 radical (unpaired) electrons. The minimum Gasteiger partial charge on any atom is -0.355 e. The van der Waals surface area contributed by atoms with Crippen LogP contribution in [0, 0.1) is 5.92 Å². The molecule has 30 heavy (non-hydrogen) atoms. The maximum atomic E-state index is 13.1. The molecule has 1 amide bonds. The number of anilines is 1. The summed E-state index contributed by atoms with van der Waals surface area (Å²) in [4.78, 5) is 14.3. The highest BCUT2D eigenvalue weighted by Crippen LogP contribution is 2.28. The first kappa shape index (κ1) is 20.6. The van der Waals surface area contributed by atoms with Crippen molar-refractivity contribution in [1.82, 2.24) is 25.1 Å². The lowest BCUT2D eigenvalue weighted by molar-refractivity contribution is -0.146. The highest BCUT2D eigenvalue weighted by Gasteiger charge is 2.38. The van der Waals surface area contributed by atoms with E-state index in [2.05, 4.69) is 36.5 Å². The second kappa shape index (κ2) is 8.21. The predicted molar refractivity (Wildman–Crippen MR) is 107 cm³/mol. The zero-order valence-corrected chi connectivity index (χ0v) is 17.3. The van der Waals surface area contributed by atoms with Crippen LogP contribution in [0.4, 0.5) is 19.0 Å². The van der Waals surface area contributed by atoms with Gasteiger partial charge in [-0.3, -0.25) is 4.79 Å². The van der Waals surface area contributed by atoms with Crippen molar-refractivity contribution in [3.8, 4) is 0 Å². The summed E-state index contributed by atoms with van der Waals surface area (Å²) in [5, 5.41) is 13.7. The monoisotopic (exact) mass is 482 g/mol. The fourth-order valence-electron chi connectivity index (χ4n) is 3.43. The van der Waals surface area contributed by atoms with Crippen LogP contribution in [0.25, 0.3) is 5.65 Å². The largest absolute Gasteiger partial charge is 0.453 e. The van der Waals surface area contributed by atoms with Crippen molar-refractivity contribution in [3.05, 3.63) is 52.3 Å². The van der Waals surface area contributed by atoms with Crippen molar-refractivity contribution in [3.63, 3.8) is 0 Å². The van der Waals surface area contributed by atoms with Crippen molar-refractivity contribution < 1.29 is 18.0 Å². The van der Waals surface area contributed by atoms with E-state index in [1.165, 1.54) is 6.07 Å². The van der Waals surface area contributed by atoms with Gasteiger partial charge in [0, 0.05) is 30.0 Å². The van der Waals surface area contributed by atoms with Crippen molar-refractivity contribution in [2.24, 2.45) is 5.92 Å². The van der Waals surface area contributed by atoms with E-state index < -0.39 is 12.0 Å². The number of carbonyl (C=O) groups excluding carboxylic acids is 1. The number of benzene rings is 1. The van der Waals surface area contributed by atoms with Gasteiger partial charge in [0.25, 0.3) is 5.82 Å². The Labute approximate surface area is 178 Å². The van der Waals surface area contributed by atoms with Crippen LogP contribution in [-0.2, 0) is 17.5 Å². The van der Waals surface area contributed by atoms with E-state index in [0.29, 0.717) is 42.8 Å². The predicted octanol–water partition coefficient (Wildman–Crippen LogP) is 3.44. The molecule has 1 aliphatic rings. The van der Waals surface area contributed by atoms with Gasteiger partial charge in [0.05, 0.1) is 0 Å². The molecule has 4 rings (SSSR count). The third-order valence-electron chi connectivity index (χ3n) is 5.07. The van der Waals surface area contributed by atoms with Gasteiger partial charge < -0.3 is 10.2 Å². The van der Waals surface area contributed by atoms with Gasteiger partial charge in [-0.05, 0) is 42.7 Å². The average molecular weight is 483 g/mol. The molecule has 1 N–H and O–H groups in total. The summed E-state index contributed by atoms with van der Waals surface area (Å²) < 4.78 is 40.9. The molecule has 0 unspecified atom stereocenters. The Kier molecular flexibility index (Phi) is 5.63. The highest BCUT2D eigenvalue weighted by molar-refractivity contribution is 9.10. The second-order valence-corrected chi connectivity index (χ2v) is 8.00. The zero-order valence-electron chi connectivity index (χ0n) is 15.7. The number of rotatable bonds is 4. The number of nitrogens with one attached hydrogen (secondary N) is 1. The lowest BCUT2D eigenvalue weighted by atomic mass is 9.96. The average Bonchev–Trinajstić information content (AvgIpc) is 3.17. The molecular weight excluding hydrogens is 465 g/mol. The number of halogens is 4. The first-order valence-corrected chi connectivity index (χ1v) is 10.2. The number of piperidine rings is 1. The van der Waals surface area contributed by atoms with Gasteiger partial charge in [-0.1, -0.05) is 28.1 Å². The van der Waals surface area contributed by atoms with Gasteiger partial charge in [-0.25, -0.2) is 0 Å². The van der Waals surface area contributed by atoms with Gasteiger partial charge in [0.1, 0.15) is 5.82 Å². The van der Waals surface area contributed by atoms with Crippen LogP contribution < -0.4 is 10.2 Å². The Morgan fingerprint density at radius 1 is 1.10 bits per heavy atom. The van der Waals surface area contributed by atoms with E-state index in [4.69, 9.17) is 0 Å².